The number of halogens is 2. The Morgan fingerprint density at radius 1 is 1.36 bits per heavy atom. The summed E-state index contributed by atoms with van der Waals surface area (Å²) >= 11 is 4.60. The Morgan fingerprint density at radius 3 is 2.21 bits per heavy atom. The molecule has 0 aliphatic heterocycles. The molecule has 0 aromatic heterocycles. The first kappa shape index (κ1) is 15.5. The van der Waals surface area contributed by atoms with Gasteiger partial charge in [-0.15, -0.1) is 22.4 Å². The van der Waals surface area contributed by atoms with Crippen LogP contribution in [-0.4, -0.2) is 30.3 Å². The highest BCUT2D eigenvalue weighted by Gasteiger charge is 2.43. The lowest BCUT2D eigenvalue weighted by Gasteiger charge is -2.37. The van der Waals surface area contributed by atoms with Crippen molar-refractivity contribution < 1.29 is 9.39 Å². The highest BCUT2D eigenvalue weighted by Crippen LogP contribution is 2.28. The molecule has 0 radical (unpaired) electrons. The van der Waals surface area contributed by atoms with Gasteiger partial charge in [-0.25, -0.2) is 0 Å². The summed E-state index contributed by atoms with van der Waals surface area (Å²) in [5, 5.41) is 0. The summed E-state index contributed by atoms with van der Waals surface area (Å²) in [5.41, 5.74) is -0.184. The van der Waals surface area contributed by atoms with Crippen molar-refractivity contribution in [1.82, 2.24) is 3.53 Å². The van der Waals surface area contributed by atoms with Gasteiger partial charge in [-0.3, -0.25) is 3.53 Å². The van der Waals surface area contributed by atoms with E-state index in [0.717, 1.165) is 0 Å². The number of nitrogens with one attached hydrogen (secondary N) is 1. The van der Waals surface area contributed by atoms with Crippen molar-refractivity contribution in [3.8, 4) is 0 Å². The van der Waals surface area contributed by atoms with Crippen LogP contribution in [0, 0.1) is 0 Å². The second-order valence-electron chi connectivity index (χ2n) is 4.33. The van der Waals surface area contributed by atoms with Gasteiger partial charge in [0.25, 0.3) is 12.6 Å². The minimum absolute atomic E-state index is 0.0262. The number of hydrogen-bond donors (Lipinski definition) is 1. The van der Waals surface area contributed by atoms with Crippen LogP contribution in [-0.2, 0) is 9.39 Å². The van der Waals surface area contributed by atoms with Crippen LogP contribution < -0.4 is 3.53 Å². The molecule has 0 atom stereocenters. The minimum Gasteiger partial charge on any atom is -0.423 e. The van der Waals surface area contributed by atoms with E-state index in [0.29, 0.717) is 11.4 Å². The molecule has 0 fully saturated rings. The van der Waals surface area contributed by atoms with Crippen molar-refractivity contribution in [3.63, 3.8) is 0 Å². The maximum absolute atomic E-state index is 5.66. The van der Waals surface area contributed by atoms with Crippen LogP contribution in [0.15, 0.2) is 0 Å². The van der Waals surface area contributed by atoms with E-state index < -0.39 is 0 Å². The first-order valence-corrected chi connectivity index (χ1v) is 6.75. The summed E-state index contributed by atoms with van der Waals surface area (Å²) in [6.45, 7) is 8.82. The van der Waals surface area contributed by atoms with Crippen molar-refractivity contribution in [1.29, 1.82) is 0 Å². The summed E-state index contributed by atoms with van der Waals surface area (Å²) in [6.07, 6.45) is 0. The van der Waals surface area contributed by atoms with Crippen LogP contribution in [0.3, 0.4) is 0 Å². The Hall–Kier alpha value is 1.47. The average molecular weight is 423 g/mol. The number of hydrogen-bond acceptors (Lipinski definition) is 3. The van der Waals surface area contributed by atoms with Gasteiger partial charge in [-0.05, 0) is 13.8 Å². The van der Waals surface area contributed by atoms with Crippen molar-refractivity contribution >= 4 is 57.9 Å². The fraction of sp³-hybridized carbons (Fsp3) is 1.00. The lowest BCUT2D eigenvalue weighted by atomic mass is 9.50. The number of rotatable bonds is 6. The van der Waals surface area contributed by atoms with E-state index >= 15 is 0 Å². The van der Waals surface area contributed by atoms with Gasteiger partial charge < -0.3 is 9.39 Å². The van der Waals surface area contributed by atoms with E-state index in [1.165, 1.54) is 0 Å². The van der Waals surface area contributed by atoms with E-state index in [-0.39, 0.29) is 10.9 Å². The van der Waals surface area contributed by atoms with Gasteiger partial charge >= 0.3 is 0 Å². The highest BCUT2D eigenvalue weighted by molar-refractivity contribution is 14.1. The topological polar surface area (TPSA) is 30.5 Å². The van der Waals surface area contributed by atoms with Crippen LogP contribution in [0.5, 0.6) is 0 Å². The fourth-order valence-electron chi connectivity index (χ4n) is 1.20. The maximum Gasteiger partial charge on any atom is 0.274 e. The molecule has 7 heteroatoms. The molecule has 14 heavy (non-hydrogen) atoms. The second-order valence-corrected chi connectivity index (χ2v) is 6.12. The molecule has 0 amide bonds. The molecule has 0 unspecified atom stereocenters. The molecule has 82 valence electrons. The Morgan fingerprint density at radius 2 is 1.86 bits per heavy atom. The summed E-state index contributed by atoms with van der Waals surface area (Å²) in [7, 11) is 1.64. The van der Waals surface area contributed by atoms with E-state index in [1.54, 1.807) is 8.05 Å². The molecule has 0 spiro atoms. The highest BCUT2D eigenvalue weighted by atomic mass is 127. The molecule has 0 bridgehead atoms. The monoisotopic (exact) mass is 423 g/mol. The Bertz CT molecular complexity index is 181. The Kier molecular flexibility index (Phi) is 6.92. The van der Waals surface area contributed by atoms with Gasteiger partial charge in [0.05, 0.1) is 5.50 Å². The van der Waals surface area contributed by atoms with Crippen LogP contribution >= 0.6 is 45.2 Å². The third kappa shape index (κ3) is 4.54. The molecule has 0 heterocycles. The van der Waals surface area contributed by atoms with Crippen molar-refractivity contribution in [2.75, 3.05) is 6.79 Å². The molecule has 0 saturated carbocycles. The molecule has 0 saturated heterocycles. The van der Waals surface area contributed by atoms with Gasteiger partial charge in [-0.2, -0.15) is 0 Å². The standard InChI is InChI=1S/C7H17B2I2NO2/c1-6(2,12-11)9(10)7(3,4)13-5-14-8/h12H,5,8H2,1-4H3. The first-order valence-electron chi connectivity index (χ1n) is 4.42. The quantitative estimate of drug-likeness (QED) is 0.305. The molecule has 0 aromatic rings. The van der Waals surface area contributed by atoms with Crippen molar-refractivity contribution in [3.05, 3.63) is 0 Å². The van der Waals surface area contributed by atoms with E-state index in [2.05, 4.69) is 76.5 Å². The maximum atomic E-state index is 5.66. The first-order chi connectivity index (χ1) is 6.28. The van der Waals surface area contributed by atoms with Crippen molar-refractivity contribution in [2.24, 2.45) is 0 Å². The molecular formula is C7H17B2I2NO2. The summed E-state index contributed by atoms with van der Waals surface area (Å²) < 4.78 is 14.2. The average Bonchev–Trinajstić information content (AvgIpc) is 2.13. The number of ether oxygens (including phenoxy) is 1. The third-order valence-corrected chi connectivity index (χ3v) is 6.48. The summed E-state index contributed by atoms with van der Waals surface area (Å²) in [5.74, 6) is 0. The third-order valence-electron chi connectivity index (χ3n) is 2.04. The Balaban J connectivity index is 4.40. The lowest BCUT2D eigenvalue weighted by Crippen LogP contribution is -2.57. The van der Waals surface area contributed by atoms with Gasteiger partial charge in [0.2, 0.25) is 0 Å². The zero-order chi connectivity index (χ0) is 11.4. The van der Waals surface area contributed by atoms with E-state index in [4.69, 9.17) is 9.39 Å². The van der Waals surface area contributed by atoms with Gasteiger partial charge in [0.1, 0.15) is 6.79 Å². The normalized spacial score (nSPS) is 13.0. The SMILES string of the molecule is BOCOC(C)(C)B(I)C(C)(C)NI. The van der Waals surface area contributed by atoms with Crippen LogP contribution in [0.4, 0.5) is 0 Å². The minimum atomic E-state index is -0.210. The largest absolute Gasteiger partial charge is 0.423 e. The van der Waals surface area contributed by atoms with Crippen LogP contribution in [0.25, 0.3) is 0 Å². The van der Waals surface area contributed by atoms with Gasteiger partial charge in [0, 0.05) is 28.3 Å². The smallest absolute Gasteiger partial charge is 0.274 e. The van der Waals surface area contributed by atoms with Gasteiger partial charge in [0.15, 0.2) is 0 Å². The molecule has 0 aromatic carbocycles. The predicted octanol–water partition coefficient (Wildman–Crippen LogP) is 1.53. The molecule has 0 aliphatic rings. The van der Waals surface area contributed by atoms with E-state index in [1.807, 2.05) is 0 Å². The second kappa shape index (κ2) is 6.27. The zero-order valence-electron chi connectivity index (χ0n) is 9.36. The van der Waals surface area contributed by atoms with Gasteiger partial charge in [-0.1, -0.05) is 13.8 Å². The molecule has 0 aliphatic carbocycles. The molecule has 3 nitrogen and oxygen atoms in total. The Labute approximate surface area is 115 Å². The fourth-order valence-corrected chi connectivity index (χ4v) is 2.44. The predicted molar refractivity (Wildman–Crippen MR) is 80.7 cm³/mol. The molecular weight excluding hydrogens is 406 g/mol. The molecule has 1 N–H and O–H groups in total. The summed E-state index contributed by atoms with van der Waals surface area (Å²) in [6, 6.07) is 0. The molecule has 0 rings (SSSR count). The van der Waals surface area contributed by atoms with Crippen LogP contribution in [0.2, 0.25) is 0 Å². The zero-order valence-corrected chi connectivity index (χ0v) is 13.7. The van der Waals surface area contributed by atoms with Crippen LogP contribution in [0.1, 0.15) is 27.7 Å². The lowest BCUT2D eigenvalue weighted by molar-refractivity contribution is -0.0428. The van der Waals surface area contributed by atoms with E-state index in [9.17, 15) is 0 Å². The summed E-state index contributed by atoms with van der Waals surface area (Å²) in [4.78, 5) is 0. The van der Waals surface area contributed by atoms with Crippen molar-refractivity contribution in [2.45, 2.75) is 38.6 Å².